The van der Waals surface area contributed by atoms with E-state index in [2.05, 4.69) is 14.9 Å². The third kappa shape index (κ3) is 5.86. The Labute approximate surface area is 155 Å². The predicted molar refractivity (Wildman–Crippen MR) is 104 cm³/mol. The van der Waals surface area contributed by atoms with E-state index in [0.717, 1.165) is 18.5 Å². The number of aryl methyl sites for hydroxylation is 1. The van der Waals surface area contributed by atoms with Crippen molar-refractivity contribution in [1.29, 1.82) is 0 Å². The average Bonchev–Trinajstić information content (AvgIpc) is 2.59. The lowest BCUT2D eigenvalue weighted by Crippen LogP contribution is -2.27. The Morgan fingerprint density at radius 1 is 1.00 bits per heavy atom. The van der Waals surface area contributed by atoms with Crippen molar-refractivity contribution < 1.29 is 13.2 Å². The Bertz CT molecular complexity index is 829. The molecule has 0 unspecified atom stereocenters. The van der Waals surface area contributed by atoms with Crippen molar-refractivity contribution in [3.63, 3.8) is 0 Å². The van der Waals surface area contributed by atoms with Crippen LogP contribution in [0.5, 0.6) is 0 Å². The summed E-state index contributed by atoms with van der Waals surface area (Å²) < 4.78 is 27.3. The van der Waals surface area contributed by atoms with E-state index in [-0.39, 0.29) is 10.8 Å². The van der Waals surface area contributed by atoms with Crippen molar-refractivity contribution in [3.8, 4) is 0 Å². The van der Waals surface area contributed by atoms with E-state index in [1.54, 1.807) is 48.5 Å². The summed E-state index contributed by atoms with van der Waals surface area (Å²) in [6.45, 7) is 3.40. The highest BCUT2D eigenvalue weighted by molar-refractivity contribution is 7.92. The summed E-state index contributed by atoms with van der Waals surface area (Å²) in [5.74, 6) is -0.170. The first-order valence-corrected chi connectivity index (χ1v) is 9.89. The lowest BCUT2D eigenvalue weighted by Gasteiger charge is -2.11. The SMILES string of the molecule is Cc1ccc(S(=O)(=O)Nc2ccc(C(=O)NCCCN(C)C)cc2)cc1. The van der Waals surface area contributed by atoms with Crippen LogP contribution in [0.1, 0.15) is 22.3 Å². The number of nitrogens with one attached hydrogen (secondary N) is 2. The van der Waals surface area contributed by atoms with Gasteiger partial charge in [-0.1, -0.05) is 17.7 Å². The van der Waals surface area contributed by atoms with Crippen LogP contribution in [-0.2, 0) is 10.0 Å². The number of carbonyl (C=O) groups is 1. The zero-order valence-corrected chi connectivity index (χ0v) is 16.1. The standard InChI is InChI=1S/C19H25N3O3S/c1-15-5-11-18(12-6-15)26(24,25)21-17-9-7-16(8-10-17)19(23)20-13-4-14-22(2)3/h5-12,21H,4,13-14H2,1-3H3,(H,20,23). The first kappa shape index (κ1) is 19.9. The third-order valence-electron chi connectivity index (χ3n) is 3.80. The molecule has 0 aliphatic rings. The lowest BCUT2D eigenvalue weighted by molar-refractivity contribution is 0.0952. The van der Waals surface area contributed by atoms with Gasteiger partial charge >= 0.3 is 0 Å². The van der Waals surface area contributed by atoms with Crippen LogP contribution in [0, 0.1) is 6.92 Å². The molecule has 0 spiro atoms. The summed E-state index contributed by atoms with van der Waals surface area (Å²) in [6.07, 6.45) is 0.868. The Kier molecular flexibility index (Phi) is 6.76. The smallest absolute Gasteiger partial charge is 0.261 e. The molecule has 0 aliphatic heterocycles. The molecule has 0 aliphatic carbocycles. The van der Waals surface area contributed by atoms with Crippen molar-refractivity contribution in [3.05, 3.63) is 59.7 Å². The van der Waals surface area contributed by atoms with Gasteiger partial charge in [0.15, 0.2) is 0 Å². The molecule has 140 valence electrons. The summed E-state index contributed by atoms with van der Waals surface area (Å²) in [5, 5.41) is 2.85. The zero-order chi connectivity index (χ0) is 19.2. The number of anilines is 1. The molecule has 1 amide bonds. The molecule has 26 heavy (non-hydrogen) atoms. The first-order valence-electron chi connectivity index (χ1n) is 8.40. The number of hydrogen-bond donors (Lipinski definition) is 2. The van der Waals surface area contributed by atoms with Gasteiger partial charge in [-0.05, 0) is 70.4 Å². The fraction of sp³-hybridized carbons (Fsp3) is 0.316. The molecule has 0 saturated carbocycles. The van der Waals surface area contributed by atoms with Gasteiger partial charge in [-0.15, -0.1) is 0 Å². The predicted octanol–water partition coefficient (Wildman–Crippen LogP) is 2.48. The van der Waals surface area contributed by atoms with E-state index in [9.17, 15) is 13.2 Å². The fourth-order valence-electron chi connectivity index (χ4n) is 2.32. The van der Waals surface area contributed by atoms with Gasteiger partial charge in [0.2, 0.25) is 0 Å². The number of amides is 1. The molecule has 2 rings (SSSR count). The van der Waals surface area contributed by atoms with E-state index in [1.165, 1.54) is 0 Å². The number of hydrogen-bond acceptors (Lipinski definition) is 4. The van der Waals surface area contributed by atoms with Gasteiger partial charge < -0.3 is 10.2 Å². The lowest BCUT2D eigenvalue weighted by atomic mass is 10.2. The van der Waals surface area contributed by atoms with Crippen LogP contribution in [0.2, 0.25) is 0 Å². The van der Waals surface area contributed by atoms with Crippen LogP contribution in [0.15, 0.2) is 53.4 Å². The summed E-state index contributed by atoms with van der Waals surface area (Å²) >= 11 is 0. The second-order valence-corrected chi connectivity index (χ2v) is 8.09. The van der Waals surface area contributed by atoms with E-state index in [1.807, 2.05) is 21.0 Å². The minimum absolute atomic E-state index is 0.170. The Morgan fingerprint density at radius 2 is 1.62 bits per heavy atom. The van der Waals surface area contributed by atoms with Gasteiger partial charge in [0.25, 0.3) is 15.9 Å². The summed E-state index contributed by atoms with van der Waals surface area (Å²) in [7, 11) is 0.325. The zero-order valence-electron chi connectivity index (χ0n) is 15.3. The quantitative estimate of drug-likeness (QED) is 0.695. The highest BCUT2D eigenvalue weighted by Crippen LogP contribution is 2.17. The molecule has 2 aromatic rings. The largest absolute Gasteiger partial charge is 0.352 e. The summed E-state index contributed by atoms with van der Waals surface area (Å²) in [6, 6.07) is 13.0. The topological polar surface area (TPSA) is 78.5 Å². The number of nitrogens with zero attached hydrogens (tertiary/aromatic N) is 1. The first-order chi connectivity index (χ1) is 12.3. The van der Waals surface area contributed by atoms with Gasteiger partial charge in [0, 0.05) is 17.8 Å². The van der Waals surface area contributed by atoms with Crippen molar-refractivity contribution in [2.75, 3.05) is 31.9 Å². The molecule has 0 bridgehead atoms. The minimum atomic E-state index is -3.64. The van der Waals surface area contributed by atoms with Crippen molar-refractivity contribution in [2.45, 2.75) is 18.2 Å². The third-order valence-corrected chi connectivity index (χ3v) is 5.20. The molecule has 0 heterocycles. The molecule has 2 N–H and O–H groups in total. The molecule has 0 fully saturated rings. The number of benzene rings is 2. The second kappa shape index (κ2) is 8.82. The molecular formula is C19H25N3O3S. The summed E-state index contributed by atoms with van der Waals surface area (Å²) in [5.41, 5.74) is 1.90. The van der Waals surface area contributed by atoms with E-state index < -0.39 is 10.0 Å². The number of carbonyl (C=O) groups excluding carboxylic acids is 1. The number of sulfonamides is 1. The minimum Gasteiger partial charge on any atom is -0.352 e. The average molecular weight is 375 g/mol. The molecule has 0 radical (unpaired) electrons. The second-order valence-electron chi connectivity index (χ2n) is 6.41. The number of rotatable bonds is 8. The normalized spacial score (nSPS) is 11.4. The summed E-state index contributed by atoms with van der Waals surface area (Å²) in [4.78, 5) is 14.3. The van der Waals surface area contributed by atoms with Crippen LogP contribution in [0.3, 0.4) is 0 Å². The van der Waals surface area contributed by atoms with E-state index in [0.29, 0.717) is 17.8 Å². The Hall–Kier alpha value is -2.38. The van der Waals surface area contributed by atoms with Gasteiger partial charge in [0.1, 0.15) is 0 Å². The van der Waals surface area contributed by atoms with Crippen LogP contribution in [0.25, 0.3) is 0 Å². The molecule has 0 atom stereocenters. The Balaban J connectivity index is 1.96. The van der Waals surface area contributed by atoms with Crippen LogP contribution < -0.4 is 10.0 Å². The molecule has 0 saturated heterocycles. The monoisotopic (exact) mass is 375 g/mol. The molecule has 6 nitrogen and oxygen atoms in total. The molecule has 7 heteroatoms. The van der Waals surface area contributed by atoms with E-state index in [4.69, 9.17) is 0 Å². The van der Waals surface area contributed by atoms with E-state index >= 15 is 0 Å². The fourth-order valence-corrected chi connectivity index (χ4v) is 3.38. The van der Waals surface area contributed by atoms with Crippen LogP contribution >= 0.6 is 0 Å². The maximum absolute atomic E-state index is 12.4. The van der Waals surface area contributed by atoms with Crippen molar-refractivity contribution in [2.24, 2.45) is 0 Å². The highest BCUT2D eigenvalue weighted by atomic mass is 32.2. The maximum atomic E-state index is 12.4. The van der Waals surface area contributed by atoms with Crippen LogP contribution in [0.4, 0.5) is 5.69 Å². The molecular weight excluding hydrogens is 350 g/mol. The van der Waals surface area contributed by atoms with Gasteiger partial charge in [-0.2, -0.15) is 0 Å². The van der Waals surface area contributed by atoms with Gasteiger partial charge in [0.05, 0.1) is 4.90 Å². The van der Waals surface area contributed by atoms with Gasteiger partial charge in [-0.25, -0.2) is 8.42 Å². The van der Waals surface area contributed by atoms with Crippen LogP contribution in [-0.4, -0.2) is 46.4 Å². The van der Waals surface area contributed by atoms with Crippen molar-refractivity contribution >= 4 is 21.6 Å². The Morgan fingerprint density at radius 3 is 2.19 bits per heavy atom. The maximum Gasteiger partial charge on any atom is 0.261 e. The van der Waals surface area contributed by atoms with Gasteiger partial charge in [-0.3, -0.25) is 9.52 Å². The molecule has 0 aromatic heterocycles. The highest BCUT2D eigenvalue weighted by Gasteiger charge is 2.14. The molecule has 2 aromatic carbocycles. The van der Waals surface area contributed by atoms with Crippen molar-refractivity contribution in [1.82, 2.24) is 10.2 Å².